The van der Waals surface area contributed by atoms with E-state index in [1.807, 2.05) is 13.8 Å². The number of anilines is 3. The number of nitrogens with one attached hydrogen (secondary N) is 2. The smallest absolute Gasteiger partial charge is 0.349 e. The number of nitrogens with zero attached hydrogens (tertiary/aromatic N) is 3. The van der Waals surface area contributed by atoms with Gasteiger partial charge in [-0.3, -0.25) is 0 Å². The predicted molar refractivity (Wildman–Crippen MR) is 107 cm³/mol. The third-order valence-corrected chi connectivity index (χ3v) is 4.16. The lowest BCUT2D eigenvalue weighted by Crippen LogP contribution is -2.13. The van der Waals surface area contributed by atoms with Crippen LogP contribution in [0.3, 0.4) is 0 Å². The second-order valence-corrected chi connectivity index (χ2v) is 7.49. The summed E-state index contributed by atoms with van der Waals surface area (Å²) in [5.41, 5.74) is 0.947. The van der Waals surface area contributed by atoms with E-state index >= 15 is 0 Å². The molecule has 11 heteroatoms. The molecule has 0 aliphatic rings. The Morgan fingerprint density at radius 2 is 2.00 bits per heavy atom. The molecule has 0 unspecified atom stereocenters. The summed E-state index contributed by atoms with van der Waals surface area (Å²) in [7, 11) is -3.76. The lowest BCUT2D eigenvalue weighted by molar-refractivity contribution is -0.134. The third-order valence-electron chi connectivity index (χ3n) is 3.23. The number of carbonyl (C=O) groups is 1. The van der Waals surface area contributed by atoms with Gasteiger partial charge in [-0.1, -0.05) is 0 Å². The van der Waals surface area contributed by atoms with Crippen molar-refractivity contribution in [2.45, 2.75) is 31.7 Å². The number of sulfonamides is 1. The number of aliphatic imine (C=N–C) groups is 1. The van der Waals surface area contributed by atoms with Crippen molar-refractivity contribution < 1.29 is 17.9 Å². The van der Waals surface area contributed by atoms with Crippen LogP contribution in [0.1, 0.15) is 20.8 Å². The molecule has 2 aromatic rings. The predicted octanol–water partition coefficient (Wildman–Crippen LogP) is 1.95. The van der Waals surface area contributed by atoms with E-state index in [4.69, 9.17) is 9.88 Å². The summed E-state index contributed by atoms with van der Waals surface area (Å²) < 4.78 is 27.4. The van der Waals surface area contributed by atoms with E-state index in [-0.39, 0.29) is 23.5 Å². The maximum absolute atomic E-state index is 11.5. The van der Waals surface area contributed by atoms with Crippen molar-refractivity contribution in [1.29, 1.82) is 0 Å². The fourth-order valence-corrected chi connectivity index (χ4v) is 2.58. The van der Waals surface area contributed by atoms with Gasteiger partial charge in [0.05, 0.1) is 17.7 Å². The number of carbonyl (C=O) groups excluding carboxylic acids is 1. The molecule has 0 aliphatic heterocycles. The SMILES string of the molecule is CCOC(=O)C=Nc1cnc(Nc2ccc(S(N)(=O)=O)cc2)nc1NC(C)C. The average Bonchev–Trinajstić information content (AvgIpc) is 2.60. The van der Waals surface area contributed by atoms with Crippen LogP contribution in [-0.2, 0) is 19.6 Å². The summed E-state index contributed by atoms with van der Waals surface area (Å²) >= 11 is 0. The highest BCUT2D eigenvalue weighted by molar-refractivity contribution is 7.89. The van der Waals surface area contributed by atoms with Gasteiger partial charge in [-0.25, -0.2) is 28.3 Å². The highest BCUT2D eigenvalue weighted by atomic mass is 32.2. The van der Waals surface area contributed by atoms with Crippen LogP contribution in [0.2, 0.25) is 0 Å². The summed E-state index contributed by atoms with van der Waals surface area (Å²) in [5.74, 6) is 0.130. The number of benzene rings is 1. The third kappa shape index (κ3) is 6.28. The highest BCUT2D eigenvalue weighted by Gasteiger charge is 2.10. The molecule has 0 saturated carbocycles. The van der Waals surface area contributed by atoms with Crippen molar-refractivity contribution in [3.63, 3.8) is 0 Å². The topological polar surface area (TPSA) is 149 Å². The van der Waals surface area contributed by atoms with Gasteiger partial charge in [-0.2, -0.15) is 4.98 Å². The van der Waals surface area contributed by atoms with Crippen molar-refractivity contribution in [3.8, 4) is 0 Å². The van der Waals surface area contributed by atoms with Crippen LogP contribution in [0.4, 0.5) is 23.1 Å². The van der Waals surface area contributed by atoms with Crippen molar-refractivity contribution in [3.05, 3.63) is 30.5 Å². The average molecular weight is 406 g/mol. The molecule has 0 atom stereocenters. The molecular formula is C17H22N6O4S. The summed E-state index contributed by atoms with van der Waals surface area (Å²) in [6.07, 6.45) is 2.52. The molecule has 1 heterocycles. The maximum Gasteiger partial charge on any atom is 0.349 e. The Balaban J connectivity index is 2.24. The lowest BCUT2D eigenvalue weighted by atomic mass is 10.3. The first-order chi connectivity index (χ1) is 13.2. The van der Waals surface area contributed by atoms with Crippen molar-refractivity contribution >= 4 is 45.3 Å². The van der Waals surface area contributed by atoms with E-state index in [0.29, 0.717) is 17.2 Å². The fraction of sp³-hybridized carbons (Fsp3) is 0.294. The molecule has 0 fully saturated rings. The van der Waals surface area contributed by atoms with Crippen molar-refractivity contribution in [2.75, 3.05) is 17.2 Å². The second-order valence-electron chi connectivity index (χ2n) is 5.93. The quantitative estimate of drug-likeness (QED) is 0.445. The van der Waals surface area contributed by atoms with E-state index in [1.165, 1.54) is 18.3 Å². The van der Waals surface area contributed by atoms with Gasteiger partial charge in [-0.05, 0) is 45.0 Å². The molecule has 0 spiro atoms. The van der Waals surface area contributed by atoms with Crippen molar-refractivity contribution in [2.24, 2.45) is 10.1 Å². The zero-order valence-corrected chi connectivity index (χ0v) is 16.5. The molecule has 0 amide bonds. The number of nitrogens with two attached hydrogens (primary N) is 1. The molecular weight excluding hydrogens is 384 g/mol. The summed E-state index contributed by atoms with van der Waals surface area (Å²) in [4.78, 5) is 24.1. The first kappa shape index (κ1) is 21.3. The maximum atomic E-state index is 11.5. The second kappa shape index (κ2) is 9.24. The molecule has 4 N–H and O–H groups in total. The number of ether oxygens (including phenoxy) is 1. The van der Waals surface area contributed by atoms with Gasteiger partial charge in [0.2, 0.25) is 16.0 Å². The normalized spacial score (nSPS) is 11.6. The fourth-order valence-electron chi connectivity index (χ4n) is 2.07. The molecule has 150 valence electrons. The van der Waals surface area contributed by atoms with Crippen LogP contribution in [0, 0.1) is 0 Å². The standard InChI is InChI=1S/C17H22N6O4S/c1-4-27-15(24)10-19-14-9-20-17(23-16(14)21-11(2)3)22-12-5-7-13(8-6-12)28(18,25)26/h5-11H,4H2,1-3H3,(H2,18,25,26)(H2,20,21,22,23). The Morgan fingerprint density at radius 1 is 1.32 bits per heavy atom. The summed E-state index contributed by atoms with van der Waals surface area (Å²) in [5, 5.41) is 11.2. The van der Waals surface area contributed by atoms with Gasteiger partial charge in [-0.15, -0.1) is 0 Å². The monoisotopic (exact) mass is 406 g/mol. The van der Waals surface area contributed by atoms with Crippen LogP contribution in [0.25, 0.3) is 0 Å². The molecule has 1 aromatic heterocycles. The van der Waals surface area contributed by atoms with E-state index in [1.54, 1.807) is 19.1 Å². The van der Waals surface area contributed by atoms with Crippen molar-refractivity contribution in [1.82, 2.24) is 9.97 Å². The Hall–Kier alpha value is -3.05. The van der Waals surface area contributed by atoms with E-state index in [0.717, 1.165) is 6.21 Å². The minimum atomic E-state index is -3.76. The zero-order valence-electron chi connectivity index (χ0n) is 15.7. The molecule has 0 bridgehead atoms. The Morgan fingerprint density at radius 3 is 2.57 bits per heavy atom. The number of primary sulfonamides is 1. The minimum Gasteiger partial charge on any atom is -0.462 e. The van der Waals surface area contributed by atoms with Gasteiger partial charge in [0.25, 0.3) is 0 Å². The molecule has 1 aromatic carbocycles. The minimum absolute atomic E-state index is 0.00443. The van der Waals surface area contributed by atoms with Crippen LogP contribution in [-0.4, -0.2) is 43.2 Å². The largest absolute Gasteiger partial charge is 0.462 e. The molecule has 0 aliphatic carbocycles. The van der Waals surface area contributed by atoms with E-state index in [2.05, 4.69) is 25.6 Å². The number of esters is 1. The van der Waals surface area contributed by atoms with Gasteiger partial charge in [0.1, 0.15) is 11.9 Å². The number of hydrogen-bond acceptors (Lipinski definition) is 9. The zero-order chi connectivity index (χ0) is 20.7. The first-order valence-electron chi connectivity index (χ1n) is 8.43. The Bertz CT molecular complexity index is 958. The van der Waals surface area contributed by atoms with E-state index < -0.39 is 16.0 Å². The summed E-state index contributed by atoms with van der Waals surface area (Å²) in [6.45, 7) is 5.82. The van der Waals surface area contributed by atoms with Crippen LogP contribution in [0.5, 0.6) is 0 Å². The van der Waals surface area contributed by atoms with Crippen LogP contribution < -0.4 is 15.8 Å². The molecule has 0 radical (unpaired) electrons. The number of aromatic nitrogens is 2. The number of rotatable bonds is 8. The van der Waals surface area contributed by atoms with Gasteiger partial charge in [0, 0.05) is 11.7 Å². The van der Waals surface area contributed by atoms with E-state index in [9.17, 15) is 13.2 Å². The summed E-state index contributed by atoms with van der Waals surface area (Å²) in [6, 6.07) is 5.91. The van der Waals surface area contributed by atoms with Crippen LogP contribution >= 0.6 is 0 Å². The molecule has 10 nitrogen and oxygen atoms in total. The molecule has 2 rings (SSSR count). The van der Waals surface area contributed by atoms with Crippen LogP contribution in [0.15, 0.2) is 40.4 Å². The van der Waals surface area contributed by atoms with Gasteiger partial charge in [0.15, 0.2) is 5.82 Å². The van der Waals surface area contributed by atoms with Gasteiger partial charge >= 0.3 is 5.97 Å². The molecule has 28 heavy (non-hydrogen) atoms. The number of hydrogen-bond donors (Lipinski definition) is 3. The first-order valence-corrected chi connectivity index (χ1v) is 9.98. The lowest BCUT2D eigenvalue weighted by Gasteiger charge is -2.13. The highest BCUT2D eigenvalue weighted by Crippen LogP contribution is 2.25. The Labute approximate surface area is 163 Å². The van der Waals surface area contributed by atoms with Gasteiger partial charge < -0.3 is 15.4 Å². The Kier molecular flexibility index (Phi) is 7.01. The molecule has 0 saturated heterocycles.